The first-order valence-electron chi connectivity index (χ1n) is 2.09. The van der Waals surface area contributed by atoms with Gasteiger partial charge in [-0.25, -0.2) is 15.4 Å². The van der Waals surface area contributed by atoms with E-state index in [0.29, 0.717) is 0 Å². The number of rotatable bonds is 1. The maximum absolute atomic E-state index is 9.25. The molecular formula is C4H8N2O4. The number of hydrogen-bond donors (Lipinski definition) is 4. The quantitative estimate of drug-likeness (QED) is 0.171. The maximum atomic E-state index is 9.25. The minimum Gasteiger partial charge on any atom is -0.478 e. The first kappa shape index (κ1) is 11.3. The van der Waals surface area contributed by atoms with Crippen LogP contribution >= 0.6 is 0 Å². The van der Waals surface area contributed by atoms with Crippen LogP contribution in [0.5, 0.6) is 0 Å². The summed E-state index contributed by atoms with van der Waals surface area (Å²) in [5.41, 5.74) is 1.44. The van der Waals surface area contributed by atoms with Gasteiger partial charge in [0, 0.05) is 6.08 Å². The van der Waals surface area contributed by atoms with Gasteiger partial charge in [-0.05, 0) is 0 Å². The van der Waals surface area contributed by atoms with Crippen molar-refractivity contribution in [2.45, 2.75) is 0 Å². The zero-order chi connectivity index (χ0) is 8.57. The van der Waals surface area contributed by atoms with E-state index >= 15 is 0 Å². The number of amides is 1. The van der Waals surface area contributed by atoms with Crippen molar-refractivity contribution < 1.29 is 19.8 Å². The molecule has 0 atom stereocenters. The fraction of sp³-hybridized carbons (Fsp3) is 0. The van der Waals surface area contributed by atoms with Crippen molar-refractivity contribution in [2.75, 3.05) is 0 Å². The van der Waals surface area contributed by atoms with E-state index in [9.17, 15) is 4.79 Å². The molecule has 6 heteroatoms. The highest BCUT2D eigenvalue weighted by Crippen LogP contribution is 1.54. The molecule has 6 nitrogen and oxygen atoms in total. The van der Waals surface area contributed by atoms with Crippen molar-refractivity contribution >= 4 is 12.1 Å². The highest BCUT2D eigenvalue weighted by Gasteiger charge is 1.77. The number of nitrogens with two attached hydrogens (primary N) is 1. The fourth-order valence-electron chi connectivity index (χ4n) is 0. The zero-order valence-electron chi connectivity index (χ0n) is 5.07. The molecule has 0 bridgehead atoms. The number of nitrogens with one attached hydrogen (secondary N) is 1. The summed E-state index contributed by atoms with van der Waals surface area (Å²) in [6.45, 7) is 2.96. The highest BCUT2D eigenvalue weighted by molar-refractivity contribution is 5.78. The van der Waals surface area contributed by atoms with E-state index < -0.39 is 12.1 Å². The summed E-state index contributed by atoms with van der Waals surface area (Å²) in [4.78, 5) is 18.4. The fourth-order valence-corrected chi connectivity index (χ4v) is 0. The van der Waals surface area contributed by atoms with Crippen LogP contribution in [0.3, 0.4) is 0 Å². The van der Waals surface area contributed by atoms with Crippen LogP contribution < -0.4 is 11.3 Å². The van der Waals surface area contributed by atoms with Crippen molar-refractivity contribution in [3.63, 3.8) is 0 Å². The molecule has 0 fully saturated rings. The van der Waals surface area contributed by atoms with E-state index in [1.165, 1.54) is 5.43 Å². The zero-order valence-corrected chi connectivity index (χ0v) is 5.07. The number of hydrogen-bond acceptors (Lipinski definition) is 3. The predicted octanol–water partition coefficient (Wildman–Crippen LogP) is -0.615. The first-order chi connectivity index (χ1) is 4.54. The number of carbonyl (C=O) groups is 2. The minimum absolute atomic E-state index is 0.833. The lowest BCUT2D eigenvalue weighted by atomic mass is 10.7. The second kappa shape index (κ2) is 7.44. The molecule has 0 saturated heterocycles. The molecule has 0 aliphatic heterocycles. The molecule has 0 saturated carbocycles. The molecule has 0 heterocycles. The molecule has 0 unspecified atom stereocenters. The summed E-state index contributed by atoms with van der Waals surface area (Å²) >= 11 is 0. The lowest BCUT2D eigenvalue weighted by molar-refractivity contribution is -0.131. The smallest absolute Gasteiger partial charge is 0.418 e. The molecule has 0 aromatic heterocycles. The molecule has 5 N–H and O–H groups in total. The Morgan fingerprint density at radius 3 is 1.70 bits per heavy atom. The first-order valence-corrected chi connectivity index (χ1v) is 2.09. The Hall–Kier alpha value is -1.56. The van der Waals surface area contributed by atoms with Gasteiger partial charge in [-0.3, -0.25) is 5.43 Å². The molecule has 0 aliphatic rings. The van der Waals surface area contributed by atoms with E-state index in [-0.39, 0.29) is 0 Å². The Bertz CT molecular complexity index is 133. The largest absolute Gasteiger partial charge is 0.478 e. The Labute approximate surface area is 56.9 Å². The number of aliphatic carboxylic acids is 1. The van der Waals surface area contributed by atoms with Crippen LogP contribution in [0.1, 0.15) is 0 Å². The normalized spacial score (nSPS) is 6.50. The van der Waals surface area contributed by atoms with E-state index in [1.54, 1.807) is 0 Å². The van der Waals surface area contributed by atoms with Gasteiger partial charge in [-0.2, -0.15) is 0 Å². The SMILES string of the molecule is C=CC(=O)O.NNC(=O)O. The van der Waals surface area contributed by atoms with Crippen LogP contribution in [0.15, 0.2) is 12.7 Å². The topological polar surface area (TPSA) is 113 Å². The molecular weight excluding hydrogens is 140 g/mol. The van der Waals surface area contributed by atoms with E-state index in [0.717, 1.165) is 6.08 Å². The Kier molecular flexibility index (Phi) is 8.38. The van der Waals surface area contributed by atoms with E-state index in [2.05, 4.69) is 12.4 Å². The summed E-state index contributed by atoms with van der Waals surface area (Å²) in [6.07, 6.45) is -0.384. The summed E-state index contributed by atoms with van der Waals surface area (Å²) in [6, 6.07) is 0. The third kappa shape index (κ3) is 32.0. The lowest BCUT2D eigenvalue weighted by Crippen LogP contribution is -2.27. The summed E-state index contributed by atoms with van der Waals surface area (Å²) < 4.78 is 0. The third-order valence-corrected chi connectivity index (χ3v) is 0.298. The standard InChI is InChI=1S/C3H4O2.CH4N2O2/c1-2-3(4)5;2-3-1(4)5/h2H,1H2,(H,4,5);3H,2H2,(H,4,5). The van der Waals surface area contributed by atoms with Gasteiger partial charge in [0.15, 0.2) is 0 Å². The highest BCUT2D eigenvalue weighted by atomic mass is 16.4. The molecule has 0 aliphatic carbocycles. The van der Waals surface area contributed by atoms with Gasteiger partial charge >= 0.3 is 12.1 Å². The van der Waals surface area contributed by atoms with Crippen molar-refractivity contribution in [3.05, 3.63) is 12.7 Å². The molecule has 0 radical (unpaired) electrons. The van der Waals surface area contributed by atoms with Gasteiger partial charge in [0.25, 0.3) is 0 Å². The molecule has 1 amide bonds. The van der Waals surface area contributed by atoms with Crippen LogP contribution in [-0.4, -0.2) is 22.3 Å². The van der Waals surface area contributed by atoms with Crippen molar-refractivity contribution in [1.82, 2.24) is 5.43 Å². The monoisotopic (exact) mass is 148 g/mol. The summed E-state index contributed by atoms with van der Waals surface area (Å²) in [5, 5.41) is 15.1. The van der Waals surface area contributed by atoms with Crippen LogP contribution in [0.4, 0.5) is 4.79 Å². The second-order valence-corrected chi connectivity index (χ2v) is 0.992. The van der Waals surface area contributed by atoms with Crippen LogP contribution in [-0.2, 0) is 4.79 Å². The molecule has 58 valence electrons. The van der Waals surface area contributed by atoms with E-state index in [1.807, 2.05) is 0 Å². The van der Waals surface area contributed by atoms with Crippen molar-refractivity contribution in [2.24, 2.45) is 5.84 Å². The number of carboxylic acids is 1. The minimum atomic E-state index is -1.22. The second-order valence-electron chi connectivity index (χ2n) is 0.992. The van der Waals surface area contributed by atoms with Crippen molar-refractivity contribution in [1.29, 1.82) is 0 Å². The molecule has 0 spiro atoms. The van der Waals surface area contributed by atoms with Crippen LogP contribution in [0.2, 0.25) is 0 Å². The van der Waals surface area contributed by atoms with Gasteiger partial charge in [0.2, 0.25) is 0 Å². The maximum Gasteiger partial charge on any atom is 0.418 e. The Morgan fingerprint density at radius 2 is 1.70 bits per heavy atom. The van der Waals surface area contributed by atoms with Crippen LogP contribution in [0.25, 0.3) is 0 Å². The predicted molar refractivity (Wildman–Crippen MR) is 33.2 cm³/mol. The number of hydrazine groups is 1. The van der Waals surface area contributed by atoms with Gasteiger partial charge < -0.3 is 10.2 Å². The van der Waals surface area contributed by atoms with Crippen LogP contribution in [0, 0.1) is 0 Å². The number of carboxylic acid groups (broad SMARTS) is 2. The van der Waals surface area contributed by atoms with Gasteiger partial charge in [-0.1, -0.05) is 6.58 Å². The molecule has 0 rings (SSSR count). The third-order valence-electron chi connectivity index (χ3n) is 0.298. The Balaban J connectivity index is 0. The van der Waals surface area contributed by atoms with Gasteiger partial charge in [-0.15, -0.1) is 0 Å². The van der Waals surface area contributed by atoms with Crippen molar-refractivity contribution in [3.8, 4) is 0 Å². The van der Waals surface area contributed by atoms with Gasteiger partial charge in [0.1, 0.15) is 0 Å². The Morgan fingerprint density at radius 1 is 1.50 bits per heavy atom. The summed E-state index contributed by atoms with van der Waals surface area (Å²) in [5.74, 6) is 3.34. The lowest BCUT2D eigenvalue weighted by Gasteiger charge is -1.79. The average Bonchev–Trinajstić information content (AvgIpc) is 1.89. The molecule has 10 heavy (non-hydrogen) atoms. The van der Waals surface area contributed by atoms with E-state index in [4.69, 9.17) is 15.0 Å². The molecule has 0 aromatic rings. The molecule has 0 aromatic carbocycles. The summed E-state index contributed by atoms with van der Waals surface area (Å²) in [7, 11) is 0. The average molecular weight is 148 g/mol. The van der Waals surface area contributed by atoms with Gasteiger partial charge in [0.05, 0.1) is 0 Å².